The molecular weight excluding hydrogens is 509 g/mol. The van der Waals surface area contributed by atoms with E-state index in [4.69, 9.17) is 10.5 Å². The molecule has 1 saturated heterocycles. The van der Waals surface area contributed by atoms with Crippen molar-refractivity contribution in [2.45, 2.75) is 62.7 Å². The van der Waals surface area contributed by atoms with Gasteiger partial charge in [-0.15, -0.1) is 10.2 Å². The maximum absolute atomic E-state index is 13.5. The first kappa shape index (κ1) is 26.4. The summed E-state index contributed by atoms with van der Waals surface area (Å²) in [4.78, 5) is 26.7. The Bertz CT molecular complexity index is 1370. The van der Waals surface area contributed by atoms with Crippen LogP contribution in [-0.4, -0.2) is 52.5 Å². The molecule has 2 aliphatic carbocycles. The zero-order valence-electron chi connectivity index (χ0n) is 22.4. The van der Waals surface area contributed by atoms with Crippen LogP contribution < -0.4 is 11.1 Å². The maximum Gasteiger partial charge on any atom is 0.410 e. The van der Waals surface area contributed by atoms with Crippen LogP contribution >= 0.6 is 0 Å². The molecule has 2 amide bonds. The number of anilines is 1. The van der Waals surface area contributed by atoms with Gasteiger partial charge in [0.2, 0.25) is 5.91 Å². The number of nitrogens with zero attached hydrogens (tertiary/aromatic N) is 3. The Morgan fingerprint density at radius 3 is 2.40 bits per heavy atom. The second kappa shape index (κ2) is 11.0. The van der Waals surface area contributed by atoms with E-state index in [1.807, 2.05) is 65.6 Å². The molecule has 0 unspecified atom stereocenters. The predicted octanol–water partition coefficient (Wildman–Crippen LogP) is 5.44. The zero-order valence-corrected chi connectivity index (χ0v) is 22.4. The van der Waals surface area contributed by atoms with Crippen LogP contribution in [0.25, 0.3) is 22.4 Å². The molecule has 1 aliphatic heterocycles. The minimum atomic E-state index is -0.839. The first-order chi connectivity index (χ1) is 19.4. The molecule has 3 aliphatic rings. The normalized spacial score (nSPS) is 26.2. The van der Waals surface area contributed by atoms with E-state index in [0.717, 1.165) is 47.9 Å². The SMILES string of the molecule is N[C@]1(c2ccc(-c3nnc(NC(=O)C[C@H]4CC[C@H](N5CCOC5=O)CC4)cc3-c3ccccc3)cc2)C[C@@H](F)C1. The van der Waals surface area contributed by atoms with Gasteiger partial charge in [0.15, 0.2) is 5.82 Å². The number of cyclic esters (lactones) is 1. The molecule has 208 valence electrons. The summed E-state index contributed by atoms with van der Waals surface area (Å²) in [5, 5.41) is 11.8. The highest BCUT2D eigenvalue weighted by molar-refractivity contribution is 5.91. The fourth-order valence-electron chi connectivity index (χ4n) is 6.28. The van der Waals surface area contributed by atoms with E-state index < -0.39 is 11.7 Å². The molecule has 0 bridgehead atoms. The Morgan fingerprint density at radius 2 is 1.75 bits per heavy atom. The van der Waals surface area contributed by atoms with Gasteiger partial charge >= 0.3 is 6.09 Å². The van der Waals surface area contributed by atoms with Gasteiger partial charge in [-0.2, -0.15) is 0 Å². The van der Waals surface area contributed by atoms with Crippen molar-refractivity contribution in [3.63, 3.8) is 0 Å². The van der Waals surface area contributed by atoms with Crippen LogP contribution in [0, 0.1) is 5.92 Å². The van der Waals surface area contributed by atoms with Crippen LogP contribution in [0.2, 0.25) is 0 Å². The molecular formula is C31H34FN5O3. The van der Waals surface area contributed by atoms with Crippen LogP contribution in [0.4, 0.5) is 15.0 Å². The summed E-state index contributed by atoms with van der Waals surface area (Å²) >= 11 is 0. The number of carbonyl (C=O) groups excluding carboxylic acids is 2. The molecule has 2 saturated carbocycles. The van der Waals surface area contributed by atoms with Crippen molar-refractivity contribution in [2.75, 3.05) is 18.5 Å². The van der Waals surface area contributed by atoms with Crippen LogP contribution in [0.15, 0.2) is 60.7 Å². The van der Waals surface area contributed by atoms with Crippen LogP contribution in [0.3, 0.4) is 0 Å². The third-order valence-corrected chi connectivity index (χ3v) is 8.57. The average molecular weight is 544 g/mol. The number of aromatic nitrogens is 2. The standard InChI is InChI=1S/C31H34FN5O3/c32-24-18-31(33,19-24)23-10-8-22(9-11-23)29-26(21-4-2-1-3-5-21)17-27(35-36-29)34-28(38)16-20-6-12-25(13-7-20)37-14-15-40-30(37)39/h1-5,8-11,17,20,24-25H,6-7,12-16,18-19,33H2,(H,34,35,38)/t20-,24-,25-,31-. The van der Waals surface area contributed by atoms with Crippen molar-refractivity contribution < 1.29 is 18.7 Å². The minimum Gasteiger partial charge on any atom is -0.448 e. The molecule has 2 aromatic carbocycles. The molecule has 1 aromatic heterocycles. The Balaban J connectivity index is 1.15. The smallest absolute Gasteiger partial charge is 0.410 e. The first-order valence-corrected chi connectivity index (χ1v) is 14.1. The zero-order chi connectivity index (χ0) is 27.7. The monoisotopic (exact) mass is 543 g/mol. The summed E-state index contributed by atoms with van der Waals surface area (Å²) < 4.78 is 18.6. The molecule has 3 aromatic rings. The molecule has 0 spiro atoms. The lowest BCUT2D eigenvalue weighted by Crippen LogP contribution is -2.50. The van der Waals surface area contributed by atoms with E-state index in [2.05, 4.69) is 15.5 Å². The summed E-state index contributed by atoms with van der Waals surface area (Å²) in [5.74, 6) is 0.583. The molecule has 2 heterocycles. The fourth-order valence-corrected chi connectivity index (χ4v) is 6.28. The topological polar surface area (TPSA) is 110 Å². The van der Waals surface area contributed by atoms with Gasteiger partial charge < -0.3 is 20.7 Å². The highest BCUT2D eigenvalue weighted by atomic mass is 19.1. The molecule has 9 heteroatoms. The van der Waals surface area contributed by atoms with Crippen molar-refractivity contribution >= 4 is 17.8 Å². The minimum absolute atomic E-state index is 0.0886. The average Bonchev–Trinajstić information content (AvgIpc) is 3.39. The molecule has 8 nitrogen and oxygen atoms in total. The lowest BCUT2D eigenvalue weighted by atomic mass is 9.71. The lowest BCUT2D eigenvalue weighted by Gasteiger charge is -2.41. The number of amides is 2. The Labute approximate surface area is 233 Å². The van der Waals surface area contributed by atoms with Gasteiger partial charge in [-0.25, -0.2) is 9.18 Å². The van der Waals surface area contributed by atoms with Crippen molar-refractivity contribution in [1.82, 2.24) is 15.1 Å². The predicted molar refractivity (Wildman–Crippen MR) is 150 cm³/mol. The number of hydrogen-bond donors (Lipinski definition) is 2. The number of carbonyl (C=O) groups is 2. The van der Waals surface area contributed by atoms with Gasteiger partial charge in [-0.3, -0.25) is 4.79 Å². The van der Waals surface area contributed by atoms with Crippen LogP contribution in [0.1, 0.15) is 50.5 Å². The lowest BCUT2D eigenvalue weighted by molar-refractivity contribution is -0.117. The Hall–Kier alpha value is -3.85. The number of halogens is 1. The van der Waals surface area contributed by atoms with E-state index >= 15 is 0 Å². The molecule has 3 fully saturated rings. The van der Waals surface area contributed by atoms with E-state index in [1.165, 1.54) is 0 Å². The van der Waals surface area contributed by atoms with Crippen LogP contribution in [0.5, 0.6) is 0 Å². The van der Waals surface area contributed by atoms with Gasteiger partial charge in [0, 0.05) is 42.0 Å². The number of alkyl halides is 1. The highest BCUT2D eigenvalue weighted by Crippen LogP contribution is 2.42. The van der Waals surface area contributed by atoms with Gasteiger partial charge in [-0.1, -0.05) is 54.6 Å². The van der Waals surface area contributed by atoms with E-state index in [-0.39, 0.29) is 24.0 Å². The number of rotatable bonds is 7. The Kier molecular flexibility index (Phi) is 7.23. The quantitative estimate of drug-likeness (QED) is 0.411. The molecule has 3 N–H and O–H groups in total. The number of hydrogen-bond acceptors (Lipinski definition) is 6. The summed E-state index contributed by atoms with van der Waals surface area (Å²) in [6.07, 6.45) is 3.59. The summed E-state index contributed by atoms with van der Waals surface area (Å²) in [6, 6.07) is 19.7. The first-order valence-electron chi connectivity index (χ1n) is 14.1. The molecule has 0 radical (unpaired) electrons. The second-order valence-electron chi connectivity index (χ2n) is 11.3. The maximum atomic E-state index is 13.5. The number of ether oxygens (including phenoxy) is 1. The van der Waals surface area contributed by atoms with Crippen molar-refractivity contribution in [2.24, 2.45) is 11.7 Å². The summed E-state index contributed by atoms with van der Waals surface area (Å²) in [6.45, 7) is 1.12. The third kappa shape index (κ3) is 5.43. The number of nitrogens with two attached hydrogens (primary N) is 1. The highest BCUT2D eigenvalue weighted by Gasteiger charge is 2.42. The van der Waals surface area contributed by atoms with Gasteiger partial charge in [-0.05, 0) is 48.8 Å². The largest absolute Gasteiger partial charge is 0.448 e. The van der Waals surface area contributed by atoms with Gasteiger partial charge in [0.25, 0.3) is 0 Å². The third-order valence-electron chi connectivity index (χ3n) is 8.57. The summed E-state index contributed by atoms with van der Waals surface area (Å²) in [5.41, 5.74) is 10.0. The number of nitrogens with one attached hydrogen (secondary N) is 1. The van der Waals surface area contributed by atoms with Gasteiger partial charge in [0.1, 0.15) is 18.5 Å². The molecule has 40 heavy (non-hydrogen) atoms. The fraction of sp³-hybridized carbons (Fsp3) is 0.419. The van der Waals surface area contributed by atoms with Crippen molar-refractivity contribution in [3.8, 4) is 22.4 Å². The van der Waals surface area contributed by atoms with Crippen molar-refractivity contribution in [1.29, 1.82) is 0 Å². The molecule has 6 rings (SSSR count). The van der Waals surface area contributed by atoms with E-state index in [1.54, 1.807) is 0 Å². The van der Waals surface area contributed by atoms with E-state index in [9.17, 15) is 14.0 Å². The summed E-state index contributed by atoms with van der Waals surface area (Å²) in [7, 11) is 0. The molecule has 0 atom stereocenters. The van der Waals surface area contributed by atoms with Crippen LogP contribution in [-0.2, 0) is 15.1 Å². The number of benzene rings is 2. The Morgan fingerprint density at radius 1 is 1.02 bits per heavy atom. The van der Waals surface area contributed by atoms with E-state index in [0.29, 0.717) is 43.9 Å². The van der Waals surface area contributed by atoms with Crippen molar-refractivity contribution in [3.05, 3.63) is 66.2 Å². The second-order valence-corrected chi connectivity index (χ2v) is 11.3. The van der Waals surface area contributed by atoms with Gasteiger partial charge in [0.05, 0.1) is 6.54 Å².